The van der Waals surface area contributed by atoms with Gasteiger partial charge in [-0.2, -0.15) is 0 Å². The molecule has 1 N–H and O–H groups in total. The van der Waals surface area contributed by atoms with E-state index in [2.05, 4.69) is 37.4 Å². The summed E-state index contributed by atoms with van der Waals surface area (Å²) in [5, 5.41) is 3.20. The third-order valence-corrected chi connectivity index (χ3v) is 3.66. The largest absolute Gasteiger partial charge is 0.341 e. The number of benzene rings is 1. The van der Waals surface area contributed by atoms with Gasteiger partial charge in [0.15, 0.2) is 0 Å². The van der Waals surface area contributed by atoms with Gasteiger partial charge in [-0.3, -0.25) is 4.79 Å². The van der Waals surface area contributed by atoms with Gasteiger partial charge in [-0.15, -0.1) is 0 Å². The molecule has 1 aromatic rings. The van der Waals surface area contributed by atoms with Crippen LogP contribution >= 0.6 is 0 Å². The molecule has 0 bridgehead atoms. The lowest BCUT2D eigenvalue weighted by molar-refractivity contribution is -0.131. The van der Waals surface area contributed by atoms with Crippen LogP contribution in [0, 0.1) is 19.8 Å². The Labute approximate surface area is 109 Å². The highest BCUT2D eigenvalue weighted by Crippen LogP contribution is 2.15. The van der Waals surface area contributed by atoms with Crippen LogP contribution in [0.4, 0.5) is 0 Å². The first-order valence-corrected chi connectivity index (χ1v) is 6.57. The molecule has 18 heavy (non-hydrogen) atoms. The summed E-state index contributed by atoms with van der Waals surface area (Å²) >= 11 is 0. The SMILES string of the molecule is Cc1ccc(CN(C)C(=O)CC2CNC2)c(C)c1. The summed E-state index contributed by atoms with van der Waals surface area (Å²) in [5.74, 6) is 0.792. The molecule has 2 rings (SSSR count). The molecule has 0 unspecified atom stereocenters. The zero-order chi connectivity index (χ0) is 13.1. The maximum atomic E-state index is 12.0. The van der Waals surface area contributed by atoms with Gasteiger partial charge in [-0.25, -0.2) is 0 Å². The summed E-state index contributed by atoms with van der Waals surface area (Å²) in [6.07, 6.45) is 0.675. The van der Waals surface area contributed by atoms with Crippen LogP contribution in [-0.4, -0.2) is 30.9 Å². The van der Waals surface area contributed by atoms with Crippen molar-refractivity contribution in [2.24, 2.45) is 5.92 Å². The first-order chi connectivity index (χ1) is 8.56. The Bertz CT molecular complexity index is 438. The number of hydrogen-bond acceptors (Lipinski definition) is 2. The van der Waals surface area contributed by atoms with E-state index in [1.165, 1.54) is 16.7 Å². The fourth-order valence-corrected chi connectivity index (χ4v) is 2.26. The van der Waals surface area contributed by atoms with E-state index in [0.29, 0.717) is 18.9 Å². The first kappa shape index (κ1) is 13.1. The Morgan fingerprint density at radius 2 is 2.11 bits per heavy atom. The lowest BCUT2D eigenvalue weighted by Gasteiger charge is -2.28. The first-order valence-electron chi connectivity index (χ1n) is 6.57. The molecule has 1 saturated heterocycles. The molecule has 0 saturated carbocycles. The van der Waals surface area contributed by atoms with Crippen molar-refractivity contribution in [3.8, 4) is 0 Å². The molecule has 3 nitrogen and oxygen atoms in total. The maximum Gasteiger partial charge on any atom is 0.222 e. The van der Waals surface area contributed by atoms with E-state index in [4.69, 9.17) is 0 Å². The molecule has 1 amide bonds. The van der Waals surface area contributed by atoms with Gasteiger partial charge in [-0.1, -0.05) is 23.8 Å². The minimum Gasteiger partial charge on any atom is -0.341 e. The highest BCUT2D eigenvalue weighted by atomic mass is 16.2. The lowest BCUT2D eigenvalue weighted by Crippen LogP contribution is -2.44. The lowest BCUT2D eigenvalue weighted by atomic mass is 9.98. The summed E-state index contributed by atoms with van der Waals surface area (Å²) in [6.45, 7) is 6.89. The van der Waals surface area contributed by atoms with Crippen LogP contribution in [0.2, 0.25) is 0 Å². The van der Waals surface area contributed by atoms with Gasteiger partial charge in [0.2, 0.25) is 5.91 Å². The molecular weight excluding hydrogens is 224 g/mol. The van der Waals surface area contributed by atoms with Crippen LogP contribution in [0.3, 0.4) is 0 Å². The molecule has 0 aromatic heterocycles. The molecule has 3 heteroatoms. The summed E-state index contributed by atoms with van der Waals surface area (Å²) in [4.78, 5) is 13.9. The summed E-state index contributed by atoms with van der Waals surface area (Å²) in [6, 6.07) is 6.40. The Morgan fingerprint density at radius 1 is 1.39 bits per heavy atom. The zero-order valence-corrected chi connectivity index (χ0v) is 11.5. The number of carbonyl (C=O) groups is 1. The quantitative estimate of drug-likeness (QED) is 0.879. The van der Waals surface area contributed by atoms with Crippen LogP contribution in [0.5, 0.6) is 0 Å². The Balaban J connectivity index is 1.92. The fourth-order valence-electron chi connectivity index (χ4n) is 2.26. The zero-order valence-electron chi connectivity index (χ0n) is 11.5. The molecule has 0 atom stereocenters. The number of nitrogens with one attached hydrogen (secondary N) is 1. The Kier molecular flexibility index (Phi) is 4.02. The smallest absolute Gasteiger partial charge is 0.222 e. The van der Waals surface area contributed by atoms with Gasteiger partial charge in [0, 0.05) is 20.0 Å². The second kappa shape index (κ2) is 5.53. The summed E-state index contributed by atoms with van der Waals surface area (Å²) in [5.41, 5.74) is 3.77. The van der Waals surface area contributed by atoms with Crippen molar-refractivity contribution in [1.29, 1.82) is 0 Å². The van der Waals surface area contributed by atoms with Gasteiger partial charge in [0.1, 0.15) is 0 Å². The van der Waals surface area contributed by atoms with E-state index in [9.17, 15) is 4.79 Å². The predicted molar refractivity (Wildman–Crippen MR) is 73.4 cm³/mol. The second-order valence-corrected chi connectivity index (χ2v) is 5.41. The van der Waals surface area contributed by atoms with E-state index in [0.717, 1.165) is 13.1 Å². The summed E-state index contributed by atoms with van der Waals surface area (Å²) in [7, 11) is 1.90. The monoisotopic (exact) mass is 246 g/mol. The van der Waals surface area contributed by atoms with Gasteiger partial charge in [-0.05, 0) is 44.0 Å². The highest BCUT2D eigenvalue weighted by molar-refractivity contribution is 5.76. The number of nitrogens with zero attached hydrogens (tertiary/aromatic N) is 1. The average Bonchev–Trinajstić information content (AvgIpc) is 2.27. The van der Waals surface area contributed by atoms with Gasteiger partial charge in [0.05, 0.1) is 0 Å². The normalized spacial score (nSPS) is 15.3. The van der Waals surface area contributed by atoms with Crippen LogP contribution in [0.25, 0.3) is 0 Å². The fraction of sp³-hybridized carbons (Fsp3) is 0.533. The third kappa shape index (κ3) is 3.10. The molecule has 1 aliphatic heterocycles. The molecule has 0 radical (unpaired) electrons. The van der Waals surface area contributed by atoms with Crippen molar-refractivity contribution < 1.29 is 4.79 Å². The van der Waals surface area contributed by atoms with Crippen molar-refractivity contribution in [3.63, 3.8) is 0 Å². The van der Waals surface area contributed by atoms with E-state index in [-0.39, 0.29) is 5.91 Å². The van der Waals surface area contributed by atoms with Crippen molar-refractivity contribution >= 4 is 5.91 Å². The van der Waals surface area contributed by atoms with E-state index in [1.54, 1.807) is 0 Å². The number of rotatable bonds is 4. The van der Waals surface area contributed by atoms with Crippen LogP contribution in [0.15, 0.2) is 18.2 Å². The standard InChI is InChI=1S/C15H22N2O/c1-11-4-5-14(12(2)6-11)10-17(3)15(18)7-13-8-16-9-13/h4-6,13,16H,7-10H2,1-3H3. The minimum atomic E-state index is 0.251. The van der Waals surface area contributed by atoms with E-state index in [1.807, 2.05) is 11.9 Å². The number of aryl methyl sites for hydroxylation is 2. The molecule has 1 heterocycles. The Morgan fingerprint density at radius 3 is 2.67 bits per heavy atom. The molecular formula is C15H22N2O. The van der Waals surface area contributed by atoms with Crippen molar-refractivity contribution in [1.82, 2.24) is 10.2 Å². The van der Waals surface area contributed by atoms with Crippen molar-refractivity contribution in [2.45, 2.75) is 26.8 Å². The van der Waals surface area contributed by atoms with Gasteiger partial charge < -0.3 is 10.2 Å². The minimum absolute atomic E-state index is 0.251. The molecule has 1 fully saturated rings. The second-order valence-electron chi connectivity index (χ2n) is 5.41. The average molecular weight is 246 g/mol. The highest BCUT2D eigenvalue weighted by Gasteiger charge is 2.22. The van der Waals surface area contributed by atoms with Crippen LogP contribution < -0.4 is 5.32 Å². The molecule has 1 aromatic carbocycles. The third-order valence-electron chi connectivity index (χ3n) is 3.66. The predicted octanol–water partition coefficient (Wildman–Crippen LogP) is 1.87. The molecule has 0 aliphatic carbocycles. The summed E-state index contributed by atoms with van der Waals surface area (Å²) < 4.78 is 0. The van der Waals surface area contributed by atoms with Crippen LogP contribution in [0.1, 0.15) is 23.1 Å². The number of hydrogen-bond donors (Lipinski definition) is 1. The molecule has 1 aliphatic rings. The van der Waals surface area contributed by atoms with Crippen molar-refractivity contribution in [2.75, 3.05) is 20.1 Å². The van der Waals surface area contributed by atoms with Gasteiger partial charge >= 0.3 is 0 Å². The van der Waals surface area contributed by atoms with Crippen LogP contribution in [-0.2, 0) is 11.3 Å². The molecule has 0 spiro atoms. The van der Waals surface area contributed by atoms with E-state index >= 15 is 0 Å². The van der Waals surface area contributed by atoms with E-state index < -0.39 is 0 Å². The number of carbonyl (C=O) groups excluding carboxylic acids is 1. The maximum absolute atomic E-state index is 12.0. The Hall–Kier alpha value is -1.35. The molecule has 98 valence electrons. The topological polar surface area (TPSA) is 32.3 Å². The van der Waals surface area contributed by atoms with Gasteiger partial charge in [0.25, 0.3) is 0 Å². The van der Waals surface area contributed by atoms with Crippen molar-refractivity contribution in [3.05, 3.63) is 34.9 Å². The number of amides is 1.